The molecule has 0 atom stereocenters. The van der Waals surface area contributed by atoms with Crippen LogP contribution in [0, 0.1) is 0 Å². The number of ether oxygens (including phenoxy) is 1. The molecule has 4 heteroatoms. The molecule has 4 nitrogen and oxygen atoms in total. The summed E-state index contributed by atoms with van der Waals surface area (Å²) in [4.78, 5) is 5.71. The molecule has 2 aromatic rings. The summed E-state index contributed by atoms with van der Waals surface area (Å²) in [7, 11) is 0. The van der Waals surface area contributed by atoms with E-state index in [-0.39, 0.29) is 0 Å². The van der Waals surface area contributed by atoms with E-state index < -0.39 is 0 Å². The molecule has 1 aromatic heterocycles. The lowest BCUT2D eigenvalue weighted by Crippen LogP contribution is -2.44. The van der Waals surface area contributed by atoms with Crippen LogP contribution >= 0.6 is 0 Å². The quantitative estimate of drug-likeness (QED) is 0.856. The van der Waals surface area contributed by atoms with E-state index in [9.17, 15) is 0 Å². The molecule has 1 fully saturated rings. The predicted octanol–water partition coefficient (Wildman–Crippen LogP) is 1.45. The second-order valence-electron chi connectivity index (χ2n) is 4.66. The number of H-pyrrole nitrogens is 1. The van der Waals surface area contributed by atoms with Gasteiger partial charge in [0.15, 0.2) is 5.88 Å². The van der Waals surface area contributed by atoms with Gasteiger partial charge in [-0.25, -0.2) is 0 Å². The molecule has 0 amide bonds. The van der Waals surface area contributed by atoms with Crippen LogP contribution in [0.1, 0.15) is 0 Å². The van der Waals surface area contributed by atoms with Gasteiger partial charge in [0.05, 0.1) is 0 Å². The normalized spacial score (nSPS) is 17.1. The molecule has 0 aliphatic carbocycles. The van der Waals surface area contributed by atoms with Crippen LogP contribution in [0.5, 0.6) is 5.88 Å². The van der Waals surface area contributed by atoms with Gasteiger partial charge in [0.1, 0.15) is 6.61 Å². The minimum absolute atomic E-state index is 0.743. The minimum Gasteiger partial charge on any atom is -0.478 e. The minimum atomic E-state index is 0.743. The van der Waals surface area contributed by atoms with E-state index in [2.05, 4.69) is 33.4 Å². The lowest BCUT2D eigenvalue weighted by atomic mass is 10.3. The van der Waals surface area contributed by atoms with Crippen LogP contribution in [0.2, 0.25) is 0 Å². The first-order chi connectivity index (χ1) is 8.92. The van der Waals surface area contributed by atoms with Gasteiger partial charge < -0.3 is 15.0 Å². The van der Waals surface area contributed by atoms with Gasteiger partial charge in [-0.3, -0.25) is 4.90 Å². The van der Waals surface area contributed by atoms with Gasteiger partial charge >= 0.3 is 0 Å². The molecule has 0 bridgehead atoms. The summed E-state index contributed by atoms with van der Waals surface area (Å²) in [6.07, 6.45) is 0. The molecule has 3 rings (SSSR count). The number of aromatic nitrogens is 1. The highest BCUT2D eigenvalue weighted by Crippen LogP contribution is 2.19. The molecule has 1 aliphatic heterocycles. The molecular formula is C14H19N3O. The molecule has 2 N–H and O–H groups in total. The zero-order valence-corrected chi connectivity index (χ0v) is 10.5. The number of piperazine rings is 1. The van der Waals surface area contributed by atoms with Crippen molar-refractivity contribution in [3.63, 3.8) is 0 Å². The van der Waals surface area contributed by atoms with Crippen LogP contribution in [0.4, 0.5) is 0 Å². The van der Waals surface area contributed by atoms with E-state index in [0.717, 1.165) is 50.7 Å². The number of aromatic amines is 1. The Morgan fingerprint density at radius 3 is 2.83 bits per heavy atom. The Morgan fingerprint density at radius 2 is 2.00 bits per heavy atom. The number of fused-ring (bicyclic) bond motifs is 1. The van der Waals surface area contributed by atoms with E-state index in [1.54, 1.807) is 0 Å². The van der Waals surface area contributed by atoms with Crippen molar-refractivity contribution in [2.45, 2.75) is 0 Å². The molecule has 1 aromatic carbocycles. The van der Waals surface area contributed by atoms with Crippen LogP contribution in [-0.2, 0) is 0 Å². The topological polar surface area (TPSA) is 40.3 Å². The van der Waals surface area contributed by atoms with Crippen LogP contribution in [0.15, 0.2) is 30.3 Å². The monoisotopic (exact) mass is 245 g/mol. The average molecular weight is 245 g/mol. The first kappa shape index (κ1) is 11.6. The van der Waals surface area contributed by atoms with E-state index in [1.807, 2.05) is 12.1 Å². The summed E-state index contributed by atoms with van der Waals surface area (Å²) >= 11 is 0. The first-order valence-corrected chi connectivity index (χ1v) is 6.55. The fourth-order valence-electron chi connectivity index (χ4n) is 2.34. The SMILES string of the molecule is c1ccc2[nH]c(OCCN3CCNCC3)cc2c1. The average Bonchev–Trinajstić information content (AvgIpc) is 2.82. The number of hydrogen-bond acceptors (Lipinski definition) is 3. The van der Waals surface area contributed by atoms with Gasteiger partial charge in [0.25, 0.3) is 0 Å². The second kappa shape index (κ2) is 5.42. The third-order valence-corrected chi connectivity index (χ3v) is 3.38. The largest absolute Gasteiger partial charge is 0.478 e. The Hall–Kier alpha value is -1.52. The summed E-state index contributed by atoms with van der Waals surface area (Å²) < 4.78 is 5.78. The highest BCUT2D eigenvalue weighted by molar-refractivity contribution is 5.81. The Morgan fingerprint density at radius 1 is 1.17 bits per heavy atom. The van der Waals surface area contributed by atoms with Crippen molar-refractivity contribution in [3.8, 4) is 5.88 Å². The Labute approximate surface area is 107 Å². The Bertz CT molecular complexity index is 469. The Balaban J connectivity index is 1.53. The van der Waals surface area contributed by atoms with E-state index in [1.165, 1.54) is 5.39 Å². The molecule has 2 heterocycles. The fraction of sp³-hybridized carbons (Fsp3) is 0.429. The maximum atomic E-state index is 5.78. The lowest BCUT2D eigenvalue weighted by Gasteiger charge is -2.26. The van der Waals surface area contributed by atoms with Crippen molar-refractivity contribution in [2.75, 3.05) is 39.3 Å². The molecule has 1 saturated heterocycles. The predicted molar refractivity (Wildman–Crippen MR) is 73.1 cm³/mol. The molecule has 96 valence electrons. The highest BCUT2D eigenvalue weighted by Gasteiger charge is 2.09. The lowest BCUT2D eigenvalue weighted by molar-refractivity contribution is 0.189. The summed E-state index contributed by atoms with van der Waals surface area (Å²) in [5.41, 5.74) is 1.13. The Kier molecular flexibility index (Phi) is 3.48. The van der Waals surface area contributed by atoms with Gasteiger partial charge in [-0.2, -0.15) is 0 Å². The van der Waals surface area contributed by atoms with E-state index >= 15 is 0 Å². The number of hydrogen-bond donors (Lipinski definition) is 2. The maximum Gasteiger partial charge on any atom is 0.191 e. The summed E-state index contributed by atoms with van der Waals surface area (Å²) in [6.45, 7) is 6.16. The highest BCUT2D eigenvalue weighted by atomic mass is 16.5. The number of rotatable bonds is 4. The van der Waals surface area contributed by atoms with Crippen molar-refractivity contribution in [1.29, 1.82) is 0 Å². The van der Waals surface area contributed by atoms with Crippen LogP contribution in [-0.4, -0.2) is 49.2 Å². The third kappa shape index (κ3) is 2.66. The fourth-order valence-corrected chi connectivity index (χ4v) is 2.34. The van der Waals surface area contributed by atoms with Crippen molar-refractivity contribution < 1.29 is 4.74 Å². The van der Waals surface area contributed by atoms with Gasteiger partial charge in [-0.05, 0) is 6.07 Å². The van der Waals surface area contributed by atoms with Gasteiger partial charge in [-0.1, -0.05) is 18.2 Å². The van der Waals surface area contributed by atoms with Crippen molar-refractivity contribution in [3.05, 3.63) is 30.3 Å². The summed E-state index contributed by atoms with van der Waals surface area (Å²) in [5, 5.41) is 4.56. The smallest absolute Gasteiger partial charge is 0.191 e. The first-order valence-electron chi connectivity index (χ1n) is 6.55. The molecule has 0 saturated carbocycles. The zero-order chi connectivity index (χ0) is 12.2. The van der Waals surface area contributed by atoms with E-state index in [0.29, 0.717) is 0 Å². The number of nitrogens with one attached hydrogen (secondary N) is 2. The number of para-hydroxylation sites is 1. The van der Waals surface area contributed by atoms with Crippen molar-refractivity contribution in [2.24, 2.45) is 0 Å². The molecule has 0 unspecified atom stereocenters. The van der Waals surface area contributed by atoms with Crippen molar-refractivity contribution in [1.82, 2.24) is 15.2 Å². The maximum absolute atomic E-state index is 5.78. The van der Waals surface area contributed by atoms with Gasteiger partial charge in [0, 0.05) is 49.7 Å². The van der Waals surface area contributed by atoms with Gasteiger partial charge in [-0.15, -0.1) is 0 Å². The summed E-state index contributed by atoms with van der Waals surface area (Å²) in [6, 6.07) is 10.3. The second-order valence-corrected chi connectivity index (χ2v) is 4.66. The van der Waals surface area contributed by atoms with E-state index in [4.69, 9.17) is 4.74 Å². The molecular weight excluding hydrogens is 226 g/mol. The van der Waals surface area contributed by atoms with Gasteiger partial charge in [0.2, 0.25) is 0 Å². The molecule has 0 radical (unpaired) electrons. The number of benzene rings is 1. The molecule has 0 spiro atoms. The third-order valence-electron chi connectivity index (χ3n) is 3.38. The van der Waals surface area contributed by atoms with Crippen molar-refractivity contribution >= 4 is 10.9 Å². The summed E-state index contributed by atoms with van der Waals surface area (Å²) in [5.74, 6) is 0.867. The standard InChI is InChI=1S/C14H19N3O/c1-2-4-13-12(3-1)11-14(16-13)18-10-9-17-7-5-15-6-8-17/h1-4,11,15-16H,5-10H2. The zero-order valence-electron chi connectivity index (χ0n) is 10.5. The van der Waals surface area contributed by atoms with Crippen LogP contribution < -0.4 is 10.1 Å². The molecule has 1 aliphatic rings. The van der Waals surface area contributed by atoms with Crippen LogP contribution in [0.3, 0.4) is 0 Å². The van der Waals surface area contributed by atoms with Crippen LogP contribution in [0.25, 0.3) is 10.9 Å². The molecule has 18 heavy (non-hydrogen) atoms. The number of nitrogens with zero attached hydrogens (tertiary/aromatic N) is 1.